The predicted octanol–water partition coefficient (Wildman–Crippen LogP) is 2.64. The smallest absolute Gasteiger partial charge is 0.317 e. The van der Waals surface area contributed by atoms with Gasteiger partial charge in [-0.2, -0.15) is 0 Å². The van der Waals surface area contributed by atoms with Crippen molar-refractivity contribution in [1.82, 2.24) is 4.90 Å². The molecule has 0 bridgehead atoms. The lowest BCUT2D eigenvalue weighted by Crippen LogP contribution is -2.33. The van der Waals surface area contributed by atoms with Crippen LogP contribution in [0.15, 0.2) is 29.2 Å². The lowest BCUT2D eigenvalue weighted by molar-refractivity contribution is -0.138. The van der Waals surface area contributed by atoms with E-state index < -0.39 is 5.97 Å². The molecule has 1 aromatic carbocycles. The highest BCUT2D eigenvalue weighted by Crippen LogP contribution is 2.27. The summed E-state index contributed by atoms with van der Waals surface area (Å²) in [7, 11) is 0. The molecule has 0 amide bonds. The summed E-state index contributed by atoms with van der Waals surface area (Å²) in [6.45, 7) is 3.12. The second-order valence-corrected chi connectivity index (χ2v) is 5.93. The Labute approximate surface area is 112 Å². The number of hydrogen-bond acceptors (Lipinski definition) is 3. The highest BCUT2D eigenvalue weighted by molar-refractivity contribution is 7.99. The first kappa shape index (κ1) is 13.4. The number of aryl methyl sites for hydroxylation is 1. The number of carboxylic acid groups (broad SMARTS) is 1. The molecule has 4 heteroatoms. The third-order valence-electron chi connectivity index (χ3n) is 3.07. The fourth-order valence-corrected chi connectivity index (χ4v) is 2.81. The van der Waals surface area contributed by atoms with Gasteiger partial charge in [-0.25, -0.2) is 0 Å². The average molecular weight is 265 g/mol. The fraction of sp³-hybridized carbons (Fsp3) is 0.500. The number of nitrogens with zero attached hydrogens (tertiary/aromatic N) is 1. The van der Waals surface area contributed by atoms with Gasteiger partial charge in [-0.15, -0.1) is 11.8 Å². The van der Waals surface area contributed by atoms with E-state index in [-0.39, 0.29) is 6.54 Å². The van der Waals surface area contributed by atoms with Crippen molar-refractivity contribution in [3.8, 4) is 0 Å². The standard InChI is InChI=1S/C14H19NO2S/c1-11-2-6-13(7-3-11)18-9-8-15(10-14(16)17)12-4-5-12/h2-3,6-7,12H,4-5,8-10H2,1H3,(H,16,17). The molecule has 18 heavy (non-hydrogen) atoms. The summed E-state index contributed by atoms with van der Waals surface area (Å²) in [5.74, 6) is 0.231. The molecule has 0 atom stereocenters. The van der Waals surface area contributed by atoms with Crippen molar-refractivity contribution < 1.29 is 9.90 Å². The maximum absolute atomic E-state index is 10.8. The predicted molar refractivity (Wildman–Crippen MR) is 74.1 cm³/mol. The Morgan fingerprint density at radius 3 is 2.61 bits per heavy atom. The summed E-state index contributed by atoms with van der Waals surface area (Å²) in [6.07, 6.45) is 2.31. The Balaban J connectivity index is 1.75. The number of aliphatic carboxylic acids is 1. The fourth-order valence-electron chi connectivity index (χ4n) is 1.92. The molecule has 0 unspecified atom stereocenters. The molecule has 0 radical (unpaired) electrons. The molecule has 1 saturated carbocycles. The molecule has 3 nitrogen and oxygen atoms in total. The van der Waals surface area contributed by atoms with Crippen LogP contribution in [0.25, 0.3) is 0 Å². The van der Waals surface area contributed by atoms with Crippen LogP contribution in [0.4, 0.5) is 0 Å². The minimum absolute atomic E-state index is 0.180. The number of thioether (sulfide) groups is 1. The lowest BCUT2D eigenvalue weighted by atomic mass is 10.2. The maximum Gasteiger partial charge on any atom is 0.317 e. The second-order valence-electron chi connectivity index (χ2n) is 4.76. The van der Waals surface area contributed by atoms with E-state index in [0.29, 0.717) is 6.04 Å². The number of hydrogen-bond donors (Lipinski definition) is 1. The molecule has 1 aromatic rings. The Morgan fingerprint density at radius 1 is 1.39 bits per heavy atom. The van der Waals surface area contributed by atoms with Gasteiger partial charge in [-0.1, -0.05) is 17.7 Å². The van der Waals surface area contributed by atoms with E-state index in [2.05, 4.69) is 36.1 Å². The third-order valence-corrected chi connectivity index (χ3v) is 4.06. The molecule has 0 aliphatic heterocycles. The molecule has 0 spiro atoms. The minimum Gasteiger partial charge on any atom is -0.480 e. The van der Waals surface area contributed by atoms with Gasteiger partial charge in [0.1, 0.15) is 0 Å². The summed E-state index contributed by atoms with van der Waals surface area (Å²) in [6, 6.07) is 8.98. The molecule has 0 aromatic heterocycles. The molecular formula is C14H19NO2S. The van der Waals surface area contributed by atoms with Gasteiger partial charge in [-0.3, -0.25) is 9.69 Å². The van der Waals surface area contributed by atoms with Gasteiger partial charge in [-0.05, 0) is 31.9 Å². The normalized spacial score (nSPS) is 15.0. The van der Waals surface area contributed by atoms with Crippen molar-refractivity contribution >= 4 is 17.7 Å². The topological polar surface area (TPSA) is 40.5 Å². The van der Waals surface area contributed by atoms with Gasteiger partial charge < -0.3 is 5.11 Å². The second kappa shape index (κ2) is 6.25. The van der Waals surface area contributed by atoms with Crippen molar-refractivity contribution in [2.45, 2.75) is 30.7 Å². The van der Waals surface area contributed by atoms with Gasteiger partial charge in [0.2, 0.25) is 0 Å². The number of rotatable bonds is 7. The van der Waals surface area contributed by atoms with E-state index >= 15 is 0 Å². The van der Waals surface area contributed by atoms with Gasteiger partial charge in [0.25, 0.3) is 0 Å². The Bertz CT molecular complexity index is 401. The van der Waals surface area contributed by atoms with Crippen LogP contribution in [0.1, 0.15) is 18.4 Å². The van der Waals surface area contributed by atoms with E-state index in [1.54, 1.807) is 11.8 Å². The van der Waals surface area contributed by atoms with Crippen LogP contribution in [0.2, 0.25) is 0 Å². The molecule has 1 fully saturated rings. The van der Waals surface area contributed by atoms with Crippen molar-refractivity contribution in [1.29, 1.82) is 0 Å². The number of carboxylic acids is 1. The Kier molecular flexibility index (Phi) is 4.66. The molecule has 1 aliphatic rings. The first-order valence-electron chi connectivity index (χ1n) is 6.30. The molecule has 2 rings (SSSR count). The molecule has 0 saturated heterocycles. The summed E-state index contributed by atoms with van der Waals surface area (Å²) < 4.78 is 0. The summed E-state index contributed by atoms with van der Waals surface area (Å²) in [5.41, 5.74) is 1.27. The van der Waals surface area contributed by atoms with Crippen LogP contribution in [0.3, 0.4) is 0 Å². The molecule has 0 heterocycles. The number of benzene rings is 1. The third kappa shape index (κ3) is 4.35. The van der Waals surface area contributed by atoms with Crippen molar-refractivity contribution in [2.75, 3.05) is 18.8 Å². The van der Waals surface area contributed by atoms with Crippen molar-refractivity contribution in [2.24, 2.45) is 0 Å². The van der Waals surface area contributed by atoms with Gasteiger partial charge in [0.15, 0.2) is 0 Å². The zero-order chi connectivity index (χ0) is 13.0. The summed E-state index contributed by atoms with van der Waals surface area (Å²) >= 11 is 1.80. The SMILES string of the molecule is Cc1ccc(SCCN(CC(=O)O)C2CC2)cc1. The van der Waals surface area contributed by atoms with E-state index in [4.69, 9.17) is 5.11 Å². The van der Waals surface area contributed by atoms with E-state index in [1.165, 1.54) is 10.5 Å². The van der Waals surface area contributed by atoms with E-state index in [1.807, 2.05) is 0 Å². The highest BCUT2D eigenvalue weighted by atomic mass is 32.2. The summed E-state index contributed by atoms with van der Waals surface area (Å²) in [4.78, 5) is 14.1. The van der Waals surface area contributed by atoms with Crippen LogP contribution < -0.4 is 0 Å². The number of carbonyl (C=O) groups is 1. The first-order chi connectivity index (χ1) is 8.65. The van der Waals surface area contributed by atoms with E-state index in [9.17, 15) is 4.79 Å². The van der Waals surface area contributed by atoms with Crippen LogP contribution in [-0.2, 0) is 4.79 Å². The molecular weight excluding hydrogens is 246 g/mol. The Morgan fingerprint density at radius 2 is 2.06 bits per heavy atom. The van der Waals surface area contributed by atoms with Crippen LogP contribution >= 0.6 is 11.8 Å². The van der Waals surface area contributed by atoms with Gasteiger partial charge in [0.05, 0.1) is 6.54 Å². The van der Waals surface area contributed by atoms with Crippen molar-refractivity contribution in [3.63, 3.8) is 0 Å². The van der Waals surface area contributed by atoms with Crippen LogP contribution in [0.5, 0.6) is 0 Å². The van der Waals surface area contributed by atoms with Crippen molar-refractivity contribution in [3.05, 3.63) is 29.8 Å². The van der Waals surface area contributed by atoms with Crippen LogP contribution in [0, 0.1) is 6.92 Å². The Hall–Kier alpha value is -1.00. The van der Waals surface area contributed by atoms with Gasteiger partial charge in [0, 0.05) is 23.2 Å². The molecule has 98 valence electrons. The quantitative estimate of drug-likeness (QED) is 0.769. The first-order valence-corrected chi connectivity index (χ1v) is 7.29. The molecule has 1 N–H and O–H groups in total. The van der Waals surface area contributed by atoms with Crippen LogP contribution in [-0.4, -0.2) is 40.9 Å². The minimum atomic E-state index is -0.720. The zero-order valence-corrected chi connectivity index (χ0v) is 11.4. The highest BCUT2D eigenvalue weighted by Gasteiger charge is 2.29. The average Bonchev–Trinajstić information content (AvgIpc) is 3.14. The summed E-state index contributed by atoms with van der Waals surface area (Å²) in [5, 5.41) is 8.86. The largest absolute Gasteiger partial charge is 0.480 e. The van der Waals surface area contributed by atoms with Gasteiger partial charge >= 0.3 is 5.97 Å². The lowest BCUT2D eigenvalue weighted by Gasteiger charge is -2.19. The monoisotopic (exact) mass is 265 g/mol. The maximum atomic E-state index is 10.8. The van der Waals surface area contributed by atoms with E-state index in [0.717, 1.165) is 25.1 Å². The zero-order valence-electron chi connectivity index (χ0n) is 10.6. The molecule has 1 aliphatic carbocycles.